The maximum Gasteiger partial charge on any atom is 0.436 e. The molecule has 1 aromatic heterocycles. The first kappa shape index (κ1) is 16.3. The van der Waals surface area contributed by atoms with Crippen LogP contribution < -0.4 is 4.72 Å². The van der Waals surface area contributed by atoms with Gasteiger partial charge in [0.2, 0.25) is 5.91 Å². The Morgan fingerprint density at radius 2 is 2.00 bits per heavy atom. The third-order valence-electron chi connectivity index (χ3n) is 4.50. The average Bonchev–Trinajstić information content (AvgIpc) is 3.08. The van der Waals surface area contributed by atoms with Gasteiger partial charge in [-0.15, -0.1) is 0 Å². The van der Waals surface area contributed by atoms with Gasteiger partial charge in [0.05, 0.1) is 0 Å². The maximum atomic E-state index is 12.9. The van der Waals surface area contributed by atoms with E-state index in [1.807, 2.05) is 0 Å². The van der Waals surface area contributed by atoms with Gasteiger partial charge in [0.25, 0.3) is 10.0 Å². The normalized spacial score (nSPS) is 27.4. The van der Waals surface area contributed by atoms with E-state index in [2.05, 4.69) is 5.10 Å². The number of alkyl halides is 3. The van der Waals surface area contributed by atoms with Crippen molar-refractivity contribution in [2.24, 2.45) is 24.8 Å². The summed E-state index contributed by atoms with van der Waals surface area (Å²) in [6, 6.07) is 0. The molecule has 2 saturated carbocycles. The molecule has 1 heterocycles. The number of halogens is 3. The predicted molar refractivity (Wildman–Crippen MR) is 72.5 cm³/mol. The molecule has 1 amide bonds. The lowest BCUT2D eigenvalue weighted by Gasteiger charge is -2.20. The highest BCUT2D eigenvalue weighted by molar-refractivity contribution is 7.90. The van der Waals surface area contributed by atoms with Crippen molar-refractivity contribution in [3.63, 3.8) is 0 Å². The van der Waals surface area contributed by atoms with Crippen LogP contribution in [-0.2, 0) is 28.0 Å². The van der Waals surface area contributed by atoms with Crippen molar-refractivity contribution in [1.29, 1.82) is 0 Å². The van der Waals surface area contributed by atoms with E-state index in [1.165, 1.54) is 7.05 Å². The summed E-state index contributed by atoms with van der Waals surface area (Å²) in [6.45, 7) is 0. The van der Waals surface area contributed by atoms with E-state index in [0.29, 0.717) is 24.7 Å². The smallest absolute Gasteiger partial charge is 0.274 e. The van der Waals surface area contributed by atoms with E-state index in [1.54, 1.807) is 4.72 Å². The lowest BCUT2D eigenvalue weighted by Crippen LogP contribution is -2.37. The molecule has 6 nitrogen and oxygen atoms in total. The highest BCUT2D eigenvalue weighted by atomic mass is 32.2. The standard InChI is InChI=1S/C13H16F3N3O3S/c1-19-6-10(11(17-19)13(14,15)16)23(21,22)18-12(20)8-3-2-7-4-9(7)5-8/h6-9H,2-5H2,1H3,(H,18,20). The monoisotopic (exact) mass is 351 g/mol. The Morgan fingerprint density at radius 1 is 1.30 bits per heavy atom. The van der Waals surface area contributed by atoms with Gasteiger partial charge in [-0.1, -0.05) is 0 Å². The summed E-state index contributed by atoms with van der Waals surface area (Å²) in [4.78, 5) is 11.1. The Hall–Kier alpha value is -1.58. The molecule has 128 valence electrons. The molecule has 2 aliphatic rings. The molecule has 3 atom stereocenters. The number of rotatable bonds is 3. The highest BCUT2D eigenvalue weighted by Gasteiger charge is 2.45. The van der Waals surface area contributed by atoms with Crippen LogP contribution in [0.25, 0.3) is 0 Å². The van der Waals surface area contributed by atoms with Crippen molar-refractivity contribution in [1.82, 2.24) is 14.5 Å². The topological polar surface area (TPSA) is 81.1 Å². The quantitative estimate of drug-likeness (QED) is 0.898. The summed E-state index contributed by atoms with van der Waals surface area (Å²) in [6.07, 6.45) is -1.08. The SMILES string of the molecule is Cn1cc(S(=O)(=O)NC(=O)C2CCC3CC3C2)c(C(F)(F)F)n1. The molecule has 0 spiro atoms. The molecule has 23 heavy (non-hydrogen) atoms. The fourth-order valence-electron chi connectivity index (χ4n) is 3.22. The molecular formula is C13H16F3N3O3S. The van der Waals surface area contributed by atoms with Gasteiger partial charge in [0, 0.05) is 19.2 Å². The number of hydrogen-bond donors (Lipinski definition) is 1. The Morgan fingerprint density at radius 3 is 2.61 bits per heavy atom. The summed E-state index contributed by atoms with van der Waals surface area (Å²) >= 11 is 0. The van der Waals surface area contributed by atoms with Gasteiger partial charge >= 0.3 is 6.18 Å². The number of nitrogens with one attached hydrogen (secondary N) is 1. The Kier molecular flexibility index (Phi) is 3.69. The van der Waals surface area contributed by atoms with Crippen LogP contribution in [0, 0.1) is 17.8 Å². The number of fused-ring (bicyclic) bond motifs is 1. The Bertz CT molecular complexity index is 741. The number of aromatic nitrogens is 2. The second kappa shape index (κ2) is 5.22. The van der Waals surface area contributed by atoms with Crippen molar-refractivity contribution in [3.8, 4) is 0 Å². The Labute approximate surface area is 131 Å². The number of aryl methyl sites for hydroxylation is 1. The van der Waals surface area contributed by atoms with Gasteiger partial charge in [0.1, 0.15) is 4.90 Å². The first-order valence-electron chi connectivity index (χ1n) is 7.25. The van der Waals surface area contributed by atoms with Gasteiger partial charge in [-0.2, -0.15) is 18.3 Å². The number of amides is 1. The molecule has 1 N–H and O–H groups in total. The van der Waals surface area contributed by atoms with Crippen molar-refractivity contribution < 1.29 is 26.4 Å². The molecule has 1 aromatic rings. The fourth-order valence-corrected chi connectivity index (χ4v) is 4.46. The molecule has 0 saturated heterocycles. The maximum absolute atomic E-state index is 12.9. The summed E-state index contributed by atoms with van der Waals surface area (Å²) in [5.41, 5.74) is -1.52. The second-order valence-corrected chi connectivity index (χ2v) is 7.90. The molecule has 0 aliphatic heterocycles. The van der Waals surface area contributed by atoms with Crippen LogP contribution >= 0.6 is 0 Å². The molecule has 0 bridgehead atoms. The molecule has 2 aliphatic carbocycles. The van der Waals surface area contributed by atoms with Crippen molar-refractivity contribution in [2.45, 2.75) is 36.8 Å². The summed E-state index contributed by atoms with van der Waals surface area (Å²) in [7, 11) is -3.42. The lowest BCUT2D eigenvalue weighted by molar-refractivity contribution is -0.143. The zero-order chi connectivity index (χ0) is 17.0. The van der Waals surface area contributed by atoms with Gasteiger partial charge in [-0.25, -0.2) is 13.1 Å². The van der Waals surface area contributed by atoms with E-state index in [-0.39, 0.29) is 0 Å². The van der Waals surface area contributed by atoms with Crippen LogP contribution in [0.1, 0.15) is 31.4 Å². The van der Waals surface area contributed by atoms with Crippen LogP contribution in [-0.4, -0.2) is 24.1 Å². The number of carbonyl (C=O) groups is 1. The average molecular weight is 351 g/mol. The zero-order valence-electron chi connectivity index (χ0n) is 12.3. The second-order valence-electron chi connectivity index (χ2n) is 6.25. The predicted octanol–water partition coefficient (Wildman–Crippen LogP) is 1.68. The minimum Gasteiger partial charge on any atom is -0.274 e. The van der Waals surface area contributed by atoms with Crippen LogP contribution in [0.3, 0.4) is 0 Å². The van der Waals surface area contributed by atoms with Gasteiger partial charge in [-0.3, -0.25) is 9.48 Å². The first-order chi connectivity index (χ1) is 10.6. The van der Waals surface area contributed by atoms with Gasteiger partial charge in [0.15, 0.2) is 5.69 Å². The van der Waals surface area contributed by atoms with E-state index in [4.69, 9.17) is 0 Å². The van der Waals surface area contributed by atoms with Gasteiger partial charge < -0.3 is 0 Å². The molecule has 10 heteroatoms. The summed E-state index contributed by atoms with van der Waals surface area (Å²) in [5.74, 6) is -0.107. The van der Waals surface area contributed by atoms with Crippen molar-refractivity contribution in [2.75, 3.05) is 0 Å². The largest absolute Gasteiger partial charge is 0.436 e. The molecule has 3 unspecified atom stereocenters. The number of carbonyl (C=O) groups excluding carboxylic acids is 1. The summed E-state index contributed by atoms with van der Waals surface area (Å²) in [5, 5.41) is 3.15. The van der Waals surface area contributed by atoms with Crippen molar-refractivity contribution >= 4 is 15.9 Å². The fraction of sp³-hybridized carbons (Fsp3) is 0.692. The highest BCUT2D eigenvalue weighted by Crippen LogP contribution is 2.51. The van der Waals surface area contributed by atoms with Crippen LogP contribution in [0.5, 0.6) is 0 Å². The van der Waals surface area contributed by atoms with E-state index in [9.17, 15) is 26.4 Å². The first-order valence-corrected chi connectivity index (χ1v) is 8.74. The van der Waals surface area contributed by atoms with E-state index >= 15 is 0 Å². The number of sulfonamides is 1. The van der Waals surface area contributed by atoms with Crippen LogP contribution in [0.15, 0.2) is 11.1 Å². The third kappa shape index (κ3) is 3.22. The summed E-state index contributed by atoms with van der Waals surface area (Å²) < 4.78 is 65.6. The number of hydrogen-bond acceptors (Lipinski definition) is 4. The molecule has 2 fully saturated rings. The van der Waals surface area contributed by atoms with E-state index < -0.39 is 38.6 Å². The lowest BCUT2D eigenvalue weighted by atomic mass is 9.89. The number of nitrogens with zero attached hydrogens (tertiary/aromatic N) is 2. The van der Waals surface area contributed by atoms with Gasteiger partial charge in [-0.05, 0) is 37.5 Å². The van der Waals surface area contributed by atoms with E-state index in [0.717, 1.165) is 23.7 Å². The van der Waals surface area contributed by atoms with Crippen LogP contribution in [0.4, 0.5) is 13.2 Å². The Balaban J connectivity index is 1.80. The molecule has 3 rings (SSSR count). The third-order valence-corrected chi connectivity index (χ3v) is 5.85. The van der Waals surface area contributed by atoms with Crippen molar-refractivity contribution in [3.05, 3.63) is 11.9 Å². The minimum atomic E-state index is -4.92. The van der Waals surface area contributed by atoms with Crippen LogP contribution in [0.2, 0.25) is 0 Å². The minimum absolute atomic E-state index is 0.450. The molecule has 0 radical (unpaired) electrons. The zero-order valence-corrected chi connectivity index (χ0v) is 13.1. The molecule has 0 aromatic carbocycles. The molecular weight excluding hydrogens is 335 g/mol.